The van der Waals surface area contributed by atoms with Crippen LogP contribution in [0.1, 0.15) is 12.0 Å². The number of aryl methyl sites for hydroxylation is 2. The first-order valence-electron chi connectivity index (χ1n) is 9.80. The number of carbonyl (C=O) groups is 1. The highest BCUT2D eigenvalue weighted by Crippen LogP contribution is 2.26. The topological polar surface area (TPSA) is 76.5 Å². The number of nitrogens with zero attached hydrogens (tertiary/aromatic N) is 3. The molecule has 0 radical (unpaired) electrons. The molecule has 1 aliphatic rings. The molecule has 7 nitrogen and oxygen atoms in total. The second-order valence-electron chi connectivity index (χ2n) is 7.13. The van der Waals surface area contributed by atoms with Gasteiger partial charge in [0, 0.05) is 26.1 Å². The van der Waals surface area contributed by atoms with E-state index in [1.807, 2.05) is 43.3 Å². The molecule has 0 spiro atoms. The minimum Gasteiger partial charge on any atom is -0.378 e. The number of para-hydroxylation sites is 3. The summed E-state index contributed by atoms with van der Waals surface area (Å²) in [7, 11) is 0. The third kappa shape index (κ3) is 4.14. The van der Waals surface area contributed by atoms with Gasteiger partial charge in [-0.05, 0) is 30.7 Å². The lowest BCUT2D eigenvalue weighted by Crippen LogP contribution is -2.36. The minimum atomic E-state index is -0.137. The van der Waals surface area contributed by atoms with Gasteiger partial charge in [0.25, 0.3) is 5.56 Å². The van der Waals surface area contributed by atoms with Crippen LogP contribution in [-0.2, 0) is 16.1 Å². The molecule has 1 aromatic heterocycles. The van der Waals surface area contributed by atoms with Gasteiger partial charge in [-0.25, -0.2) is 4.98 Å². The van der Waals surface area contributed by atoms with E-state index in [1.165, 1.54) is 10.9 Å². The van der Waals surface area contributed by atoms with Crippen molar-refractivity contribution in [1.82, 2.24) is 9.55 Å². The Morgan fingerprint density at radius 2 is 1.93 bits per heavy atom. The molecular formula is C22H24N4O3. The number of hydrogen-bond donors (Lipinski definition) is 1. The number of carbonyl (C=O) groups excluding carboxylic acids is 1. The SMILES string of the molecule is Cc1cccc2c(=O)n(CCC(=O)Nc3ccccc3N3CCOCC3)cnc12. The molecule has 1 N–H and O–H groups in total. The summed E-state index contributed by atoms with van der Waals surface area (Å²) in [6.45, 7) is 5.16. The summed E-state index contributed by atoms with van der Waals surface area (Å²) >= 11 is 0. The fourth-order valence-corrected chi connectivity index (χ4v) is 3.59. The van der Waals surface area contributed by atoms with Gasteiger partial charge in [0.1, 0.15) is 0 Å². The van der Waals surface area contributed by atoms with E-state index in [1.54, 1.807) is 6.07 Å². The van der Waals surface area contributed by atoms with Crippen molar-refractivity contribution >= 4 is 28.2 Å². The maximum absolute atomic E-state index is 12.7. The normalized spacial score (nSPS) is 14.2. The van der Waals surface area contributed by atoms with Crippen LogP contribution in [0.5, 0.6) is 0 Å². The number of morpholine rings is 1. The molecule has 29 heavy (non-hydrogen) atoms. The van der Waals surface area contributed by atoms with Crippen LogP contribution in [0.2, 0.25) is 0 Å². The molecule has 0 saturated carbocycles. The summed E-state index contributed by atoms with van der Waals surface area (Å²) < 4.78 is 6.91. The highest BCUT2D eigenvalue weighted by atomic mass is 16.5. The zero-order valence-corrected chi connectivity index (χ0v) is 16.4. The van der Waals surface area contributed by atoms with Crippen LogP contribution >= 0.6 is 0 Å². The predicted molar refractivity (Wildman–Crippen MR) is 113 cm³/mol. The van der Waals surface area contributed by atoms with Gasteiger partial charge < -0.3 is 15.0 Å². The lowest BCUT2D eigenvalue weighted by molar-refractivity contribution is -0.116. The molecule has 1 saturated heterocycles. The van der Waals surface area contributed by atoms with E-state index in [9.17, 15) is 9.59 Å². The van der Waals surface area contributed by atoms with E-state index < -0.39 is 0 Å². The van der Waals surface area contributed by atoms with Crippen molar-refractivity contribution in [3.05, 3.63) is 64.7 Å². The summed E-state index contributed by atoms with van der Waals surface area (Å²) in [6.07, 6.45) is 1.71. The number of rotatable bonds is 5. The van der Waals surface area contributed by atoms with Gasteiger partial charge in [-0.2, -0.15) is 0 Å². The van der Waals surface area contributed by atoms with Gasteiger partial charge in [0.2, 0.25) is 5.91 Å². The largest absolute Gasteiger partial charge is 0.378 e. The monoisotopic (exact) mass is 392 g/mol. The number of anilines is 2. The molecule has 0 unspecified atom stereocenters. The van der Waals surface area contributed by atoms with Crippen molar-refractivity contribution in [3.63, 3.8) is 0 Å². The summed E-state index contributed by atoms with van der Waals surface area (Å²) in [5.41, 5.74) is 3.31. The van der Waals surface area contributed by atoms with Crippen LogP contribution in [0.25, 0.3) is 10.9 Å². The van der Waals surface area contributed by atoms with Gasteiger partial charge in [-0.3, -0.25) is 14.2 Å². The molecule has 0 aliphatic carbocycles. The average molecular weight is 392 g/mol. The van der Waals surface area contributed by atoms with Crippen molar-refractivity contribution in [2.24, 2.45) is 0 Å². The standard InChI is InChI=1S/C22H24N4O3/c1-16-5-4-6-17-21(16)23-15-26(22(17)28)10-9-20(27)24-18-7-2-3-8-19(18)25-11-13-29-14-12-25/h2-8,15H,9-14H2,1H3,(H,24,27). The van der Waals surface area contributed by atoms with E-state index in [0.717, 1.165) is 30.0 Å². The fraction of sp³-hybridized carbons (Fsp3) is 0.318. The van der Waals surface area contributed by atoms with E-state index in [0.29, 0.717) is 24.1 Å². The lowest BCUT2D eigenvalue weighted by Gasteiger charge is -2.30. The van der Waals surface area contributed by atoms with Gasteiger partial charge >= 0.3 is 0 Å². The maximum Gasteiger partial charge on any atom is 0.261 e. The van der Waals surface area contributed by atoms with Crippen LogP contribution < -0.4 is 15.8 Å². The van der Waals surface area contributed by atoms with E-state index in [2.05, 4.69) is 15.2 Å². The van der Waals surface area contributed by atoms with Crippen molar-refractivity contribution in [2.75, 3.05) is 36.5 Å². The third-order valence-corrected chi connectivity index (χ3v) is 5.16. The van der Waals surface area contributed by atoms with Gasteiger partial charge in [-0.1, -0.05) is 24.3 Å². The van der Waals surface area contributed by atoms with E-state index in [-0.39, 0.29) is 24.4 Å². The molecule has 2 aromatic carbocycles. The number of nitrogens with one attached hydrogen (secondary N) is 1. The number of aromatic nitrogens is 2. The number of ether oxygens (including phenoxy) is 1. The van der Waals surface area contributed by atoms with Crippen molar-refractivity contribution in [2.45, 2.75) is 19.9 Å². The Hall–Kier alpha value is -3.19. The third-order valence-electron chi connectivity index (χ3n) is 5.16. The number of amides is 1. The number of hydrogen-bond acceptors (Lipinski definition) is 5. The quantitative estimate of drug-likeness (QED) is 0.722. The van der Waals surface area contributed by atoms with Gasteiger partial charge in [-0.15, -0.1) is 0 Å². The smallest absolute Gasteiger partial charge is 0.261 e. The van der Waals surface area contributed by atoms with Crippen LogP contribution in [0.3, 0.4) is 0 Å². The lowest BCUT2D eigenvalue weighted by atomic mass is 10.1. The zero-order chi connectivity index (χ0) is 20.2. The van der Waals surface area contributed by atoms with Crippen molar-refractivity contribution < 1.29 is 9.53 Å². The second-order valence-corrected chi connectivity index (χ2v) is 7.13. The molecule has 1 aliphatic heterocycles. The van der Waals surface area contributed by atoms with Crippen LogP contribution in [0.15, 0.2) is 53.6 Å². The Morgan fingerprint density at radius 3 is 2.76 bits per heavy atom. The van der Waals surface area contributed by atoms with Crippen LogP contribution in [0.4, 0.5) is 11.4 Å². The molecular weight excluding hydrogens is 368 g/mol. The second kappa shape index (κ2) is 8.45. The summed E-state index contributed by atoms with van der Waals surface area (Å²) in [4.78, 5) is 31.8. The Morgan fingerprint density at radius 1 is 1.14 bits per heavy atom. The summed E-state index contributed by atoms with van der Waals surface area (Å²) in [5, 5.41) is 3.56. The predicted octanol–water partition coefficient (Wildman–Crippen LogP) is 2.57. The van der Waals surface area contributed by atoms with Gasteiger partial charge in [0.05, 0.1) is 41.8 Å². The fourth-order valence-electron chi connectivity index (χ4n) is 3.59. The summed E-state index contributed by atoms with van der Waals surface area (Å²) in [5.74, 6) is -0.137. The Bertz CT molecular complexity index is 1090. The molecule has 7 heteroatoms. The maximum atomic E-state index is 12.7. The summed E-state index contributed by atoms with van der Waals surface area (Å²) in [6, 6.07) is 13.3. The minimum absolute atomic E-state index is 0.125. The van der Waals surface area contributed by atoms with E-state index >= 15 is 0 Å². The molecule has 150 valence electrons. The average Bonchev–Trinajstić information content (AvgIpc) is 2.75. The van der Waals surface area contributed by atoms with Gasteiger partial charge in [0.15, 0.2) is 0 Å². The van der Waals surface area contributed by atoms with E-state index in [4.69, 9.17) is 4.74 Å². The van der Waals surface area contributed by atoms with Crippen molar-refractivity contribution in [1.29, 1.82) is 0 Å². The van der Waals surface area contributed by atoms with Crippen LogP contribution in [0, 0.1) is 6.92 Å². The van der Waals surface area contributed by atoms with Crippen LogP contribution in [-0.4, -0.2) is 41.8 Å². The zero-order valence-electron chi connectivity index (χ0n) is 16.4. The number of benzene rings is 2. The molecule has 1 fully saturated rings. The Labute approximate surface area is 168 Å². The molecule has 2 heterocycles. The number of fused-ring (bicyclic) bond motifs is 1. The highest BCUT2D eigenvalue weighted by molar-refractivity contribution is 5.94. The molecule has 0 atom stereocenters. The Balaban J connectivity index is 1.46. The molecule has 1 amide bonds. The molecule has 3 aromatic rings. The molecule has 0 bridgehead atoms. The first-order chi connectivity index (χ1) is 14.1. The first kappa shape index (κ1) is 19.1. The first-order valence-corrected chi connectivity index (χ1v) is 9.80. The van der Waals surface area contributed by atoms with Crippen molar-refractivity contribution in [3.8, 4) is 0 Å². The Kier molecular flexibility index (Phi) is 5.57. The molecule has 4 rings (SSSR count). The highest BCUT2D eigenvalue weighted by Gasteiger charge is 2.16.